The quantitative estimate of drug-likeness (QED) is 0.531. The van der Waals surface area contributed by atoms with Crippen LogP contribution in [0, 0.1) is 6.92 Å². The van der Waals surface area contributed by atoms with Crippen molar-refractivity contribution in [3.63, 3.8) is 0 Å². The summed E-state index contributed by atoms with van der Waals surface area (Å²) in [6.45, 7) is 1.85. The molecule has 0 radical (unpaired) electrons. The monoisotopic (exact) mass is 273 g/mol. The molecule has 2 aromatic rings. The number of anilines is 1. The second-order valence-corrected chi connectivity index (χ2v) is 4.53. The molecule has 0 spiro atoms. The molecule has 0 fully saturated rings. The highest BCUT2D eigenvalue weighted by molar-refractivity contribution is 6.68. The standard InChI is InChI=1S/C15H12ClNO2/c1-9-5-2-3-6-10(9)14(18)11-7-4-8-12(13(11)17)15(16)19/h2-8H,17H2,1H3. The molecule has 0 heterocycles. The van der Waals surface area contributed by atoms with E-state index in [1.54, 1.807) is 24.3 Å². The Morgan fingerprint density at radius 1 is 0.947 bits per heavy atom. The summed E-state index contributed by atoms with van der Waals surface area (Å²) in [6, 6.07) is 11.9. The van der Waals surface area contributed by atoms with Crippen molar-refractivity contribution in [3.8, 4) is 0 Å². The molecule has 4 heteroatoms. The lowest BCUT2D eigenvalue weighted by atomic mass is 9.96. The number of hydrogen-bond donors (Lipinski definition) is 1. The number of nitrogen functional groups attached to an aromatic ring is 1. The van der Waals surface area contributed by atoms with E-state index in [4.69, 9.17) is 17.3 Å². The van der Waals surface area contributed by atoms with Crippen LogP contribution >= 0.6 is 11.6 Å². The van der Waals surface area contributed by atoms with Crippen molar-refractivity contribution in [3.05, 3.63) is 64.7 Å². The molecule has 0 saturated heterocycles. The Bertz CT molecular complexity index is 665. The number of aryl methyl sites for hydroxylation is 1. The van der Waals surface area contributed by atoms with Gasteiger partial charge in [-0.15, -0.1) is 0 Å². The summed E-state index contributed by atoms with van der Waals surface area (Å²) < 4.78 is 0. The van der Waals surface area contributed by atoms with Crippen molar-refractivity contribution >= 4 is 28.3 Å². The summed E-state index contributed by atoms with van der Waals surface area (Å²) in [5.41, 5.74) is 7.83. The Labute approximate surface area is 116 Å². The van der Waals surface area contributed by atoms with Crippen molar-refractivity contribution in [1.29, 1.82) is 0 Å². The lowest BCUT2D eigenvalue weighted by Crippen LogP contribution is -2.09. The number of rotatable bonds is 3. The van der Waals surface area contributed by atoms with Gasteiger partial charge >= 0.3 is 0 Å². The van der Waals surface area contributed by atoms with E-state index in [9.17, 15) is 9.59 Å². The number of carbonyl (C=O) groups is 2. The SMILES string of the molecule is Cc1ccccc1C(=O)c1cccc(C(=O)Cl)c1N. The van der Waals surface area contributed by atoms with E-state index in [1.807, 2.05) is 19.1 Å². The molecule has 2 aromatic carbocycles. The summed E-state index contributed by atoms with van der Waals surface area (Å²) in [7, 11) is 0. The van der Waals surface area contributed by atoms with Crippen LogP contribution in [0.5, 0.6) is 0 Å². The lowest BCUT2D eigenvalue weighted by molar-refractivity contribution is 0.103. The molecule has 0 aromatic heterocycles. The fraction of sp³-hybridized carbons (Fsp3) is 0.0667. The third-order valence-corrected chi connectivity index (χ3v) is 3.16. The smallest absolute Gasteiger partial charge is 0.254 e. The van der Waals surface area contributed by atoms with Crippen LogP contribution in [0.25, 0.3) is 0 Å². The fourth-order valence-corrected chi connectivity index (χ4v) is 2.07. The van der Waals surface area contributed by atoms with Gasteiger partial charge in [-0.1, -0.05) is 30.3 Å². The van der Waals surface area contributed by atoms with Gasteiger partial charge in [-0.25, -0.2) is 0 Å². The minimum absolute atomic E-state index is 0.121. The molecule has 0 aliphatic carbocycles. The summed E-state index contributed by atoms with van der Waals surface area (Å²) in [5, 5.41) is -0.670. The largest absolute Gasteiger partial charge is 0.398 e. The van der Waals surface area contributed by atoms with Crippen LogP contribution in [0.15, 0.2) is 42.5 Å². The average Bonchev–Trinajstić information content (AvgIpc) is 2.38. The first-order chi connectivity index (χ1) is 9.02. The molecule has 0 aliphatic rings. The zero-order valence-corrected chi connectivity index (χ0v) is 11.1. The molecule has 19 heavy (non-hydrogen) atoms. The van der Waals surface area contributed by atoms with Gasteiger partial charge in [0.15, 0.2) is 5.78 Å². The highest BCUT2D eigenvalue weighted by atomic mass is 35.5. The first-order valence-corrected chi connectivity index (χ1v) is 6.09. The zero-order chi connectivity index (χ0) is 14.0. The Morgan fingerprint density at radius 3 is 2.16 bits per heavy atom. The molecular formula is C15H12ClNO2. The number of halogens is 1. The topological polar surface area (TPSA) is 60.2 Å². The van der Waals surface area contributed by atoms with Gasteiger partial charge < -0.3 is 5.73 Å². The van der Waals surface area contributed by atoms with Gasteiger partial charge in [0.2, 0.25) is 0 Å². The maximum Gasteiger partial charge on any atom is 0.254 e. The van der Waals surface area contributed by atoms with Crippen LogP contribution < -0.4 is 5.73 Å². The minimum Gasteiger partial charge on any atom is -0.398 e. The fourth-order valence-electron chi connectivity index (χ4n) is 1.91. The molecule has 2 rings (SSSR count). The van der Waals surface area contributed by atoms with Gasteiger partial charge in [-0.05, 0) is 36.2 Å². The van der Waals surface area contributed by atoms with E-state index < -0.39 is 5.24 Å². The van der Waals surface area contributed by atoms with Crippen LogP contribution in [0.4, 0.5) is 5.69 Å². The van der Waals surface area contributed by atoms with E-state index in [1.165, 1.54) is 6.07 Å². The molecule has 0 bridgehead atoms. The molecular weight excluding hydrogens is 262 g/mol. The first-order valence-electron chi connectivity index (χ1n) is 5.71. The number of hydrogen-bond acceptors (Lipinski definition) is 3. The highest BCUT2D eigenvalue weighted by Gasteiger charge is 2.17. The Morgan fingerprint density at radius 2 is 1.53 bits per heavy atom. The third-order valence-electron chi connectivity index (χ3n) is 2.95. The van der Waals surface area contributed by atoms with Crippen LogP contribution in [0.1, 0.15) is 31.8 Å². The number of para-hydroxylation sites is 1. The van der Waals surface area contributed by atoms with Gasteiger partial charge in [0, 0.05) is 11.1 Å². The second-order valence-electron chi connectivity index (χ2n) is 4.18. The van der Waals surface area contributed by atoms with Gasteiger partial charge in [0.05, 0.1) is 11.3 Å². The van der Waals surface area contributed by atoms with E-state index in [0.29, 0.717) is 11.1 Å². The molecule has 96 valence electrons. The van der Waals surface area contributed by atoms with E-state index in [0.717, 1.165) is 5.56 Å². The van der Waals surface area contributed by atoms with E-state index in [-0.39, 0.29) is 17.0 Å². The minimum atomic E-state index is -0.670. The lowest BCUT2D eigenvalue weighted by Gasteiger charge is -2.09. The predicted octanol–water partition coefficient (Wildman–Crippen LogP) is 3.19. The van der Waals surface area contributed by atoms with Crippen LogP contribution in [-0.4, -0.2) is 11.0 Å². The van der Waals surface area contributed by atoms with Crippen LogP contribution in [0.2, 0.25) is 0 Å². The van der Waals surface area contributed by atoms with Gasteiger partial charge in [0.1, 0.15) is 0 Å². The number of nitrogens with two attached hydrogens (primary N) is 1. The number of benzene rings is 2. The number of carbonyl (C=O) groups excluding carboxylic acids is 2. The second kappa shape index (κ2) is 5.24. The highest BCUT2D eigenvalue weighted by Crippen LogP contribution is 2.23. The van der Waals surface area contributed by atoms with Crippen molar-refractivity contribution in [1.82, 2.24) is 0 Å². The van der Waals surface area contributed by atoms with Crippen molar-refractivity contribution in [2.75, 3.05) is 5.73 Å². The molecule has 3 nitrogen and oxygen atoms in total. The number of ketones is 1. The Balaban J connectivity index is 2.55. The molecule has 0 saturated carbocycles. The Hall–Kier alpha value is -2.13. The summed E-state index contributed by atoms with van der Waals surface area (Å²) in [5.74, 6) is -0.213. The van der Waals surface area contributed by atoms with Gasteiger partial charge in [-0.3, -0.25) is 9.59 Å². The van der Waals surface area contributed by atoms with Crippen molar-refractivity contribution in [2.24, 2.45) is 0 Å². The molecule has 0 unspecified atom stereocenters. The maximum atomic E-state index is 12.4. The average molecular weight is 274 g/mol. The van der Waals surface area contributed by atoms with E-state index >= 15 is 0 Å². The van der Waals surface area contributed by atoms with Crippen molar-refractivity contribution in [2.45, 2.75) is 6.92 Å². The maximum absolute atomic E-state index is 12.4. The van der Waals surface area contributed by atoms with Gasteiger partial charge in [-0.2, -0.15) is 0 Å². The molecule has 0 amide bonds. The predicted molar refractivity (Wildman–Crippen MR) is 75.6 cm³/mol. The summed E-state index contributed by atoms with van der Waals surface area (Å²) >= 11 is 5.43. The normalized spacial score (nSPS) is 10.2. The van der Waals surface area contributed by atoms with Crippen LogP contribution in [0.3, 0.4) is 0 Å². The first kappa shape index (κ1) is 13.3. The van der Waals surface area contributed by atoms with E-state index in [2.05, 4.69) is 0 Å². The van der Waals surface area contributed by atoms with Crippen LogP contribution in [-0.2, 0) is 0 Å². The van der Waals surface area contributed by atoms with Crippen molar-refractivity contribution < 1.29 is 9.59 Å². The Kier molecular flexibility index (Phi) is 3.67. The molecule has 0 atom stereocenters. The summed E-state index contributed by atoms with van der Waals surface area (Å²) in [4.78, 5) is 23.6. The molecule has 0 aliphatic heterocycles. The molecule has 2 N–H and O–H groups in total. The zero-order valence-electron chi connectivity index (χ0n) is 10.3. The third kappa shape index (κ3) is 2.51. The summed E-state index contributed by atoms with van der Waals surface area (Å²) in [6.07, 6.45) is 0. The van der Waals surface area contributed by atoms with Gasteiger partial charge in [0.25, 0.3) is 5.24 Å².